The van der Waals surface area contributed by atoms with Crippen LogP contribution in [0.1, 0.15) is 23.7 Å². The zero-order valence-electron chi connectivity index (χ0n) is 16.5. The number of nitrogens with zero attached hydrogens (tertiary/aromatic N) is 3. The van der Waals surface area contributed by atoms with Crippen LogP contribution in [0.4, 0.5) is 5.69 Å². The molecule has 4 nitrogen and oxygen atoms in total. The zero-order valence-corrected chi connectivity index (χ0v) is 18.1. The third-order valence-corrected chi connectivity index (χ3v) is 6.31. The van der Waals surface area contributed by atoms with Crippen LogP contribution in [0, 0.1) is 0 Å². The Morgan fingerprint density at radius 1 is 0.933 bits per heavy atom. The number of aryl methyl sites for hydroxylation is 2. The number of hydrogen-bond acceptors (Lipinski definition) is 2. The number of carbonyl (C=O) groups is 1. The van der Waals surface area contributed by atoms with Crippen LogP contribution >= 0.6 is 15.9 Å². The maximum atomic E-state index is 12.8. The lowest BCUT2D eigenvalue weighted by molar-refractivity contribution is -0.117. The van der Waals surface area contributed by atoms with Crippen molar-refractivity contribution in [1.29, 1.82) is 0 Å². The van der Waals surface area contributed by atoms with Gasteiger partial charge in [-0.25, -0.2) is 4.98 Å². The van der Waals surface area contributed by atoms with Crippen LogP contribution in [0.3, 0.4) is 0 Å². The quantitative estimate of drug-likeness (QED) is 0.391. The number of aromatic nitrogens is 2. The van der Waals surface area contributed by atoms with E-state index in [1.54, 1.807) is 0 Å². The highest BCUT2D eigenvalue weighted by Crippen LogP contribution is 2.33. The lowest BCUT2D eigenvalue weighted by Crippen LogP contribution is -2.24. The molecule has 150 valence electrons. The summed E-state index contributed by atoms with van der Waals surface area (Å²) < 4.78 is 3.32. The Kier molecular flexibility index (Phi) is 5.13. The first-order chi connectivity index (χ1) is 14.7. The van der Waals surface area contributed by atoms with E-state index in [4.69, 9.17) is 4.98 Å². The smallest absolute Gasteiger partial charge is 0.227 e. The summed E-state index contributed by atoms with van der Waals surface area (Å²) in [6.07, 6.45) is 1.43. The second-order valence-electron chi connectivity index (χ2n) is 7.73. The molecule has 1 amide bonds. The van der Waals surface area contributed by atoms with Gasteiger partial charge in [0.05, 0.1) is 11.0 Å². The Balaban J connectivity index is 1.46. The largest absolute Gasteiger partial charge is 0.327 e. The molecule has 0 saturated carbocycles. The summed E-state index contributed by atoms with van der Waals surface area (Å²) in [5.74, 6) is 1.26. The maximum absolute atomic E-state index is 12.8. The molecule has 0 spiro atoms. The molecule has 0 bridgehead atoms. The predicted molar refractivity (Wildman–Crippen MR) is 124 cm³/mol. The van der Waals surface area contributed by atoms with Crippen molar-refractivity contribution in [2.24, 2.45) is 0 Å². The highest BCUT2D eigenvalue weighted by molar-refractivity contribution is 9.10. The van der Waals surface area contributed by atoms with Gasteiger partial charge in [0.1, 0.15) is 5.82 Å². The van der Waals surface area contributed by atoms with Crippen LogP contribution in [-0.2, 0) is 17.8 Å². The molecule has 0 N–H and O–H groups in total. The van der Waals surface area contributed by atoms with Gasteiger partial charge in [-0.2, -0.15) is 0 Å². The number of hydrogen-bond donors (Lipinski definition) is 0. The van der Waals surface area contributed by atoms with E-state index in [0.717, 1.165) is 40.0 Å². The van der Waals surface area contributed by atoms with E-state index in [2.05, 4.69) is 63.0 Å². The van der Waals surface area contributed by atoms with Gasteiger partial charge in [-0.1, -0.05) is 58.4 Å². The number of carbonyl (C=O) groups excluding carboxylic acids is 1. The topological polar surface area (TPSA) is 38.1 Å². The van der Waals surface area contributed by atoms with Crippen molar-refractivity contribution < 1.29 is 4.79 Å². The molecule has 1 aliphatic rings. The van der Waals surface area contributed by atoms with Crippen LogP contribution in [0.5, 0.6) is 0 Å². The van der Waals surface area contributed by atoms with E-state index >= 15 is 0 Å². The third-order valence-electron chi connectivity index (χ3n) is 5.78. The van der Waals surface area contributed by atoms with Crippen LogP contribution in [0.2, 0.25) is 0 Å². The number of anilines is 1. The number of fused-ring (bicyclic) bond motifs is 1. The van der Waals surface area contributed by atoms with Gasteiger partial charge in [0, 0.05) is 35.6 Å². The molecule has 3 aromatic carbocycles. The fourth-order valence-electron chi connectivity index (χ4n) is 4.28. The van der Waals surface area contributed by atoms with Gasteiger partial charge < -0.3 is 9.47 Å². The predicted octanol–water partition coefficient (Wildman–Crippen LogP) is 5.56. The van der Waals surface area contributed by atoms with E-state index < -0.39 is 0 Å². The Hall–Kier alpha value is -2.92. The number of rotatable bonds is 5. The second kappa shape index (κ2) is 8.07. The van der Waals surface area contributed by atoms with Gasteiger partial charge in [-0.15, -0.1) is 0 Å². The maximum Gasteiger partial charge on any atom is 0.227 e. The Labute approximate surface area is 184 Å². The van der Waals surface area contributed by atoms with Crippen LogP contribution in [0.25, 0.3) is 11.0 Å². The van der Waals surface area contributed by atoms with Crippen LogP contribution < -0.4 is 4.90 Å². The fraction of sp³-hybridized carbons (Fsp3) is 0.200. The average molecular weight is 460 g/mol. The van der Waals surface area contributed by atoms with Gasteiger partial charge in [0.15, 0.2) is 0 Å². The molecule has 0 aliphatic carbocycles. The summed E-state index contributed by atoms with van der Waals surface area (Å²) in [5, 5.41) is 0. The minimum Gasteiger partial charge on any atom is -0.327 e. The summed E-state index contributed by atoms with van der Waals surface area (Å²) >= 11 is 3.47. The average Bonchev–Trinajstić information content (AvgIpc) is 3.34. The van der Waals surface area contributed by atoms with E-state index in [9.17, 15) is 4.79 Å². The molecule has 5 rings (SSSR count). The molecule has 2 heterocycles. The summed E-state index contributed by atoms with van der Waals surface area (Å²) in [5.41, 5.74) is 4.38. The molecule has 5 heteroatoms. The van der Waals surface area contributed by atoms with Crippen molar-refractivity contribution in [1.82, 2.24) is 9.55 Å². The Morgan fingerprint density at radius 2 is 1.67 bits per heavy atom. The monoisotopic (exact) mass is 459 g/mol. The normalized spacial score (nSPS) is 16.5. The molecule has 1 aliphatic heterocycles. The number of benzene rings is 3. The highest BCUT2D eigenvalue weighted by Gasteiger charge is 2.34. The molecule has 1 aromatic heterocycles. The molecule has 0 radical (unpaired) electrons. The minimum absolute atomic E-state index is 0.0873. The van der Waals surface area contributed by atoms with Crippen molar-refractivity contribution in [3.63, 3.8) is 0 Å². The van der Waals surface area contributed by atoms with Crippen molar-refractivity contribution >= 4 is 38.6 Å². The summed E-state index contributed by atoms with van der Waals surface area (Å²) in [6, 6.07) is 26.7. The van der Waals surface area contributed by atoms with Crippen molar-refractivity contribution in [3.05, 3.63) is 94.7 Å². The molecule has 4 aromatic rings. The zero-order chi connectivity index (χ0) is 20.5. The number of amides is 1. The molecular formula is C25H22BrN3O. The summed E-state index contributed by atoms with van der Waals surface area (Å²) in [7, 11) is 0. The highest BCUT2D eigenvalue weighted by atomic mass is 79.9. The molecule has 1 atom stereocenters. The third kappa shape index (κ3) is 3.65. The standard InChI is InChI=1S/C25H22BrN3O/c26-20-10-12-21(13-11-20)29-17-19(16-24(29)30)25-27-22-8-4-5-9-23(22)28(25)15-14-18-6-2-1-3-7-18/h1-13,19H,14-17H2/t19-/m1/s1. The Morgan fingerprint density at radius 3 is 2.47 bits per heavy atom. The molecule has 1 saturated heterocycles. The lowest BCUT2D eigenvalue weighted by atomic mass is 10.1. The first-order valence-corrected chi connectivity index (χ1v) is 11.0. The van der Waals surface area contributed by atoms with Crippen LogP contribution in [0.15, 0.2) is 83.3 Å². The SMILES string of the molecule is O=C1C[C@@H](c2nc3ccccc3n2CCc2ccccc2)CN1c1ccc(Br)cc1. The van der Waals surface area contributed by atoms with E-state index in [-0.39, 0.29) is 11.8 Å². The van der Waals surface area contributed by atoms with Crippen molar-refractivity contribution in [3.8, 4) is 0 Å². The van der Waals surface area contributed by atoms with Crippen LogP contribution in [-0.4, -0.2) is 22.0 Å². The number of para-hydroxylation sites is 2. The van der Waals surface area contributed by atoms with Crippen molar-refractivity contribution in [2.75, 3.05) is 11.4 Å². The first kappa shape index (κ1) is 19.1. The van der Waals surface area contributed by atoms with E-state index in [0.29, 0.717) is 13.0 Å². The van der Waals surface area contributed by atoms with Crippen molar-refractivity contribution in [2.45, 2.75) is 25.3 Å². The minimum atomic E-state index is 0.0873. The van der Waals surface area contributed by atoms with Gasteiger partial charge in [0.2, 0.25) is 5.91 Å². The molecule has 0 unspecified atom stereocenters. The number of imidazole rings is 1. The lowest BCUT2D eigenvalue weighted by Gasteiger charge is -2.17. The van der Waals surface area contributed by atoms with Gasteiger partial charge in [0.25, 0.3) is 0 Å². The van der Waals surface area contributed by atoms with Gasteiger partial charge >= 0.3 is 0 Å². The summed E-state index contributed by atoms with van der Waals surface area (Å²) in [6.45, 7) is 1.51. The van der Waals surface area contributed by atoms with Gasteiger partial charge in [-0.3, -0.25) is 4.79 Å². The number of halogens is 1. The second-order valence-corrected chi connectivity index (χ2v) is 8.64. The van der Waals surface area contributed by atoms with E-state index in [1.807, 2.05) is 41.3 Å². The first-order valence-electron chi connectivity index (χ1n) is 10.2. The summed E-state index contributed by atoms with van der Waals surface area (Å²) in [4.78, 5) is 19.7. The molecule has 1 fully saturated rings. The molecular weight excluding hydrogens is 438 g/mol. The Bertz CT molecular complexity index is 1180. The van der Waals surface area contributed by atoms with E-state index in [1.165, 1.54) is 5.56 Å². The fourth-order valence-corrected chi connectivity index (χ4v) is 4.54. The van der Waals surface area contributed by atoms with Gasteiger partial charge in [-0.05, 0) is 48.4 Å². The molecule has 30 heavy (non-hydrogen) atoms.